The third-order valence-electron chi connectivity index (χ3n) is 2.46. The van der Waals surface area contributed by atoms with E-state index in [0.717, 1.165) is 9.13 Å². The van der Waals surface area contributed by atoms with E-state index in [1.807, 2.05) is 31.2 Å². The lowest BCUT2D eigenvalue weighted by Gasteiger charge is -2.14. The number of hydrogen-bond donors (Lipinski definition) is 2. The molecule has 0 saturated heterocycles. The van der Waals surface area contributed by atoms with Gasteiger partial charge >= 0.3 is 5.97 Å². The summed E-state index contributed by atoms with van der Waals surface area (Å²) in [6, 6.07) is 6.74. The highest BCUT2D eigenvalue weighted by Crippen LogP contribution is 2.09. The van der Waals surface area contributed by atoms with Crippen LogP contribution in [0.2, 0.25) is 0 Å². The summed E-state index contributed by atoms with van der Waals surface area (Å²) in [5.41, 5.74) is 0.902. The predicted molar refractivity (Wildman–Crippen MR) is 77.3 cm³/mol. The van der Waals surface area contributed by atoms with E-state index in [1.165, 1.54) is 0 Å². The van der Waals surface area contributed by atoms with Gasteiger partial charge in [0.15, 0.2) is 0 Å². The summed E-state index contributed by atoms with van der Waals surface area (Å²) in [4.78, 5) is 22.5. The maximum atomic E-state index is 11.4. The van der Waals surface area contributed by atoms with E-state index in [0.29, 0.717) is 19.3 Å². The molecule has 0 spiro atoms. The van der Waals surface area contributed by atoms with E-state index < -0.39 is 12.0 Å². The Morgan fingerprint density at radius 1 is 1.33 bits per heavy atom. The number of hydrogen-bond acceptors (Lipinski definition) is 2. The van der Waals surface area contributed by atoms with Crippen LogP contribution in [0.5, 0.6) is 0 Å². The maximum Gasteiger partial charge on any atom is 0.326 e. The summed E-state index contributed by atoms with van der Waals surface area (Å²) in [5, 5.41) is 11.6. The van der Waals surface area contributed by atoms with Gasteiger partial charge in [-0.1, -0.05) is 19.1 Å². The van der Waals surface area contributed by atoms with Crippen LogP contribution in [0.3, 0.4) is 0 Å². The van der Waals surface area contributed by atoms with Crippen LogP contribution in [0, 0.1) is 3.57 Å². The lowest BCUT2D eigenvalue weighted by molar-refractivity contribution is -0.141. The van der Waals surface area contributed by atoms with Crippen molar-refractivity contribution < 1.29 is 14.7 Å². The zero-order chi connectivity index (χ0) is 13.5. The van der Waals surface area contributed by atoms with Crippen molar-refractivity contribution in [1.82, 2.24) is 5.32 Å². The van der Waals surface area contributed by atoms with Crippen LogP contribution >= 0.6 is 22.6 Å². The average Bonchev–Trinajstić information content (AvgIpc) is 2.31. The second-order valence-corrected chi connectivity index (χ2v) is 5.28. The molecule has 0 aliphatic carbocycles. The molecule has 0 saturated carbocycles. The molecule has 5 heteroatoms. The largest absolute Gasteiger partial charge is 0.480 e. The Hall–Kier alpha value is -1.11. The molecule has 1 amide bonds. The zero-order valence-corrected chi connectivity index (χ0v) is 12.3. The number of carbonyl (C=O) groups excluding carboxylic acids is 1. The van der Waals surface area contributed by atoms with Gasteiger partial charge < -0.3 is 10.4 Å². The minimum atomic E-state index is -1.00. The van der Waals surface area contributed by atoms with E-state index >= 15 is 0 Å². The molecule has 0 bridgehead atoms. The molecule has 1 rings (SSSR count). The summed E-state index contributed by atoms with van der Waals surface area (Å²) in [6.45, 7) is 1.88. The Balaban J connectivity index is 2.65. The van der Waals surface area contributed by atoms with Crippen LogP contribution in [0.25, 0.3) is 0 Å². The van der Waals surface area contributed by atoms with Crippen LogP contribution in [-0.2, 0) is 16.0 Å². The van der Waals surface area contributed by atoms with Gasteiger partial charge in [-0.05, 0) is 46.7 Å². The predicted octanol–water partition coefficient (Wildman–Crippen LogP) is 2.20. The SMILES string of the molecule is CCCC(=O)N[C@@H](Cc1ccc(I)cc1)C(=O)O. The smallest absolute Gasteiger partial charge is 0.326 e. The molecule has 1 aromatic carbocycles. The van der Waals surface area contributed by atoms with Crippen LogP contribution in [-0.4, -0.2) is 23.0 Å². The number of carboxylic acid groups (broad SMARTS) is 1. The molecular formula is C13H16INO3. The van der Waals surface area contributed by atoms with Crippen LogP contribution in [0.4, 0.5) is 0 Å². The Bertz CT molecular complexity index is 417. The van der Waals surface area contributed by atoms with Crippen molar-refractivity contribution in [3.05, 3.63) is 33.4 Å². The second-order valence-electron chi connectivity index (χ2n) is 4.04. The van der Waals surface area contributed by atoms with Crippen molar-refractivity contribution in [2.24, 2.45) is 0 Å². The molecule has 1 atom stereocenters. The molecule has 2 N–H and O–H groups in total. The summed E-state index contributed by atoms with van der Waals surface area (Å²) >= 11 is 2.19. The molecule has 0 aromatic heterocycles. The number of carboxylic acids is 1. The van der Waals surface area contributed by atoms with Gasteiger partial charge in [-0.15, -0.1) is 0 Å². The Labute approximate surface area is 120 Å². The molecular weight excluding hydrogens is 345 g/mol. The lowest BCUT2D eigenvalue weighted by Crippen LogP contribution is -2.42. The molecule has 18 heavy (non-hydrogen) atoms. The van der Waals surface area contributed by atoms with E-state index in [9.17, 15) is 9.59 Å². The van der Waals surface area contributed by atoms with Crippen LogP contribution in [0.15, 0.2) is 24.3 Å². The highest BCUT2D eigenvalue weighted by atomic mass is 127. The van der Waals surface area contributed by atoms with Crippen LogP contribution < -0.4 is 5.32 Å². The number of halogens is 1. The van der Waals surface area contributed by atoms with Gasteiger partial charge in [-0.25, -0.2) is 4.79 Å². The van der Waals surface area contributed by atoms with Crippen molar-refractivity contribution in [3.63, 3.8) is 0 Å². The highest BCUT2D eigenvalue weighted by Gasteiger charge is 2.19. The molecule has 98 valence electrons. The normalized spacial score (nSPS) is 11.9. The number of amides is 1. The van der Waals surface area contributed by atoms with E-state index in [2.05, 4.69) is 27.9 Å². The van der Waals surface area contributed by atoms with Gasteiger partial charge in [-0.3, -0.25) is 4.79 Å². The van der Waals surface area contributed by atoms with Gasteiger partial charge in [0, 0.05) is 16.4 Å². The Morgan fingerprint density at radius 3 is 2.44 bits per heavy atom. The maximum absolute atomic E-state index is 11.4. The topological polar surface area (TPSA) is 66.4 Å². The first kappa shape index (κ1) is 14.9. The van der Waals surface area contributed by atoms with Gasteiger partial charge in [0.05, 0.1) is 0 Å². The fraction of sp³-hybridized carbons (Fsp3) is 0.385. The first-order valence-corrected chi connectivity index (χ1v) is 6.87. The second kappa shape index (κ2) is 7.35. The average molecular weight is 361 g/mol. The van der Waals surface area contributed by atoms with E-state index in [-0.39, 0.29) is 5.91 Å². The van der Waals surface area contributed by atoms with Gasteiger partial charge in [0.25, 0.3) is 0 Å². The third-order valence-corrected chi connectivity index (χ3v) is 3.18. The number of rotatable bonds is 6. The zero-order valence-electron chi connectivity index (χ0n) is 10.1. The Kier molecular flexibility index (Phi) is 6.11. The lowest BCUT2D eigenvalue weighted by atomic mass is 10.1. The van der Waals surface area contributed by atoms with Gasteiger partial charge in [0.2, 0.25) is 5.91 Å². The van der Waals surface area contributed by atoms with Crippen molar-refractivity contribution in [1.29, 1.82) is 0 Å². The molecule has 0 aliphatic heterocycles. The number of nitrogens with one attached hydrogen (secondary N) is 1. The molecule has 0 radical (unpaired) electrons. The van der Waals surface area contributed by atoms with Crippen LogP contribution in [0.1, 0.15) is 25.3 Å². The summed E-state index contributed by atoms with van der Waals surface area (Å²) < 4.78 is 1.10. The fourth-order valence-corrected chi connectivity index (χ4v) is 1.91. The molecule has 4 nitrogen and oxygen atoms in total. The first-order valence-electron chi connectivity index (χ1n) is 5.79. The fourth-order valence-electron chi connectivity index (χ4n) is 1.55. The minimum Gasteiger partial charge on any atom is -0.480 e. The van der Waals surface area contributed by atoms with Crippen molar-refractivity contribution in [2.75, 3.05) is 0 Å². The molecule has 0 unspecified atom stereocenters. The summed E-state index contributed by atoms with van der Waals surface area (Å²) in [5.74, 6) is -1.21. The number of benzene rings is 1. The summed E-state index contributed by atoms with van der Waals surface area (Å²) in [7, 11) is 0. The number of aliphatic carboxylic acids is 1. The minimum absolute atomic E-state index is 0.213. The molecule has 0 fully saturated rings. The quantitative estimate of drug-likeness (QED) is 0.764. The molecule has 0 heterocycles. The molecule has 0 aliphatic rings. The van der Waals surface area contributed by atoms with Crippen molar-refractivity contribution in [3.8, 4) is 0 Å². The number of carbonyl (C=O) groups is 2. The third kappa shape index (κ3) is 5.03. The van der Waals surface area contributed by atoms with Crippen molar-refractivity contribution in [2.45, 2.75) is 32.2 Å². The van der Waals surface area contributed by atoms with E-state index in [1.54, 1.807) is 0 Å². The highest BCUT2D eigenvalue weighted by molar-refractivity contribution is 14.1. The van der Waals surface area contributed by atoms with Gasteiger partial charge in [0.1, 0.15) is 6.04 Å². The van der Waals surface area contributed by atoms with E-state index in [4.69, 9.17) is 5.11 Å². The monoisotopic (exact) mass is 361 g/mol. The Morgan fingerprint density at radius 2 is 1.94 bits per heavy atom. The van der Waals surface area contributed by atoms with Crippen molar-refractivity contribution >= 4 is 34.5 Å². The molecule has 1 aromatic rings. The summed E-state index contributed by atoms with van der Waals surface area (Å²) in [6.07, 6.45) is 1.37. The first-order chi connectivity index (χ1) is 8.52. The van der Waals surface area contributed by atoms with Gasteiger partial charge in [-0.2, -0.15) is 0 Å². The standard InChI is InChI=1S/C13H16INO3/c1-2-3-12(16)15-11(13(17)18)8-9-4-6-10(14)7-5-9/h4-7,11H,2-3,8H2,1H3,(H,15,16)(H,17,18)/t11-/m0/s1.